The van der Waals surface area contributed by atoms with E-state index in [-0.39, 0.29) is 29.9 Å². The third kappa shape index (κ3) is 8.11. The molecule has 0 saturated heterocycles. The first-order valence-electron chi connectivity index (χ1n) is 9.73. The van der Waals surface area contributed by atoms with Crippen molar-refractivity contribution in [2.45, 2.75) is 51.6 Å². The molecule has 0 aromatic heterocycles. The lowest BCUT2D eigenvalue weighted by molar-refractivity contribution is -0.139. The molecule has 0 spiro atoms. The van der Waals surface area contributed by atoms with Gasteiger partial charge in [-0.05, 0) is 63.1 Å². The van der Waals surface area contributed by atoms with E-state index < -0.39 is 11.6 Å². The first-order chi connectivity index (χ1) is 14.0. The molecule has 0 bridgehead atoms. The molecule has 2 amide bonds. The Hall–Kier alpha value is -1.86. The van der Waals surface area contributed by atoms with Crippen LogP contribution in [0.5, 0.6) is 0 Å². The summed E-state index contributed by atoms with van der Waals surface area (Å²) in [7, 11) is 0. The Bertz CT molecular complexity index is 851. The number of nitrogens with zero attached hydrogens (tertiary/aromatic N) is 1. The summed E-state index contributed by atoms with van der Waals surface area (Å²) in [5, 5.41) is 2.93. The predicted octanol–water partition coefficient (Wildman–Crippen LogP) is 5.15. The van der Waals surface area contributed by atoms with E-state index in [1.54, 1.807) is 24.0 Å². The quantitative estimate of drug-likeness (QED) is 0.551. The third-order valence-electron chi connectivity index (χ3n) is 4.34. The maximum absolute atomic E-state index is 13.3. The maximum Gasteiger partial charge on any atom is 0.242 e. The fourth-order valence-electron chi connectivity index (χ4n) is 2.76. The van der Waals surface area contributed by atoms with Gasteiger partial charge in [0.15, 0.2) is 0 Å². The number of rotatable bonds is 8. The topological polar surface area (TPSA) is 49.4 Å². The molecule has 0 fully saturated rings. The SMILES string of the molecule is CC(C(=O)NC(C)(C)C)N(Cc1ccc(F)cc1)C(=O)CSCc1ccc(Br)cc1. The largest absolute Gasteiger partial charge is 0.350 e. The van der Waals surface area contributed by atoms with Gasteiger partial charge in [-0.1, -0.05) is 40.2 Å². The second-order valence-corrected chi connectivity index (χ2v) is 10.1. The van der Waals surface area contributed by atoms with Crippen LogP contribution in [0, 0.1) is 5.82 Å². The Morgan fingerprint density at radius 2 is 1.63 bits per heavy atom. The first-order valence-corrected chi connectivity index (χ1v) is 11.7. The maximum atomic E-state index is 13.3. The van der Waals surface area contributed by atoms with Crippen molar-refractivity contribution in [2.24, 2.45) is 0 Å². The van der Waals surface area contributed by atoms with Gasteiger partial charge in [-0.25, -0.2) is 4.39 Å². The van der Waals surface area contributed by atoms with Gasteiger partial charge in [-0.15, -0.1) is 11.8 Å². The van der Waals surface area contributed by atoms with Gasteiger partial charge in [-0.3, -0.25) is 9.59 Å². The molecule has 0 heterocycles. The van der Waals surface area contributed by atoms with E-state index in [2.05, 4.69) is 21.2 Å². The molecule has 162 valence electrons. The van der Waals surface area contributed by atoms with Gasteiger partial charge in [0.2, 0.25) is 11.8 Å². The van der Waals surface area contributed by atoms with Crippen LogP contribution < -0.4 is 5.32 Å². The highest BCUT2D eigenvalue weighted by atomic mass is 79.9. The highest BCUT2D eigenvalue weighted by molar-refractivity contribution is 9.10. The summed E-state index contributed by atoms with van der Waals surface area (Å²) < 4.78 is 14.3. The van der Waals surface area contributed by atoms with Crippen molar-refractivity contribution in [3.05, 3.63) is 69.9 Å². The highest BCUT2D eigenvalue weighted by Crippen LogP contribution is 2.18. The summed E-state index contributed by atoms with van der Waals surface area (Å²) in [6, 6.07) is 13.3. The molecule has 2 aromatic carbocycles. The average Bonchev–Trinajstić information content (AvgIpc) is 2.67. The lowest BCUT2D eigenvalue weighted by Gasteiger charge is -2.31. The summed E-state index contributed by atoms with van der Waals surface area (Å²) >= 11 is 4.92. The van der Waals surface area contributed by atoms with Crippen molar-refractivity contribution >= 4 is 39.5 Å². The van der Waals surface area contributed by atoms with Crippen LogP contribution in [0.4, 0.5) is 4.39 Å². The molecule has 30 heavy (non-hydrogen) atoms. The van der Waals surface area contributed by atoms with Crippen molar-refractivity contribution in [1.82, 2.24) is 10.2 Å². The van der Waals surface area contributed by atoms with Crippen molar-refractivity contribution < 1.29 is 14.0 Å². The van der Waals surface area contributed by atoms with E-state index in [0.29, 0.717) is 5.75 Å². The van der Waals surface area contributed by atoms with Crippen LogP contribution in [0.25, 0.3) is 0 Å². The van der Waals surface area contributed by atoms with Crippen LogP contribution in [0.3, 0.4) is 0 Å². The van der Waals surface area contributed by atoms with Gasteiger partial charge in [-0.2, -0.15) is 0 Å². The summed E-state index contributed by atoms with van der Waals surface area (Å²) in [5.74, 6) is 0.283. The summed E-state index contributed by atoms with van der Waals surface area (Å²) in [6.07, 6.45) is 0. The number of hydrogen-bond donors (Lipinski definition) is 1. The Morgan fingerprint density at radius 1 is 1.07 bits per heavy atom. The second kappa shape index (κ2) is 11.0. The minimum absolute atomic E-state index is 0.127. The summed E-state index contributed by atoms with van der Waals surface area (Å²) in [4.78, 5) is 27.3. The average molecular weight is 495 g/mol. The van der Waals surface area contributed by atoms with Crippen LogP contribution in [-0.4, -0.2) is 34.0 Å². The monoisotopic (exact) mass is 494 g/mol. The van der Waals surface area contributed by atoms with Crippen molar-refractivity contribution in [3.63, 3.8) is 0 Å². The number of nitrogens with one attached hydrogen (secondary N) is 1. The van der Waals surface area contributed by atoms with Crippen molar-refractivity contribution in [1.29, 1.82) is 0 Å². The fraction of sp³-hybridized carbons (Fsp3) is 0.391. The summed E-state index contributed by atoms with van der Waals surface area (Å²) in [6.45, 7) is 7.67. The molecule has 7 heteroatoms. The Balaban J connectivity index is 2.08. The van der Waals surface area contributed by atoms with Crippen molar-refractivity contribution in [3.8, 4) is 0 Å². The molecule has 1 N–H and O–H groups in total. The number of halogens is 2. The third-order valence-corrected chi connectivity index (χ3v) is 5.86. The van der Waals surface area contributed by atoms with Crippen LogP contribution in [-0.2, 0) is 21.9 Å². The van der Waals surface area contributed by atoms with Gasteiger partial charge >= 0.3 is 0 Å². The standard InChI is InChI=1S/C23H28BrFN2O2S/c1-16(22(29)26-23(2,3)4)27(13-17-7-11-20(25)12-8-17)21(28)15-30-14-18-5-9-19(24)10-6-18/h5-12,16H,13-15H2,1-4H3,(H,26,29). The lowest BCUT2D eigenvalue weighted by Crippen LogP contribution is -2.52. The fourth-order valence-corrected chi connectivity index (χ4v) is 3.90. The minimum Gasteiger partial charge on any atom is -0.350 e. The number of carbonyl (C=O) groups excluding carboxylic acids is 2. The second-order valence-electron chi connectivity index (χ2n) is 8.18. The van der Waals surface area contributed by atoms with Gasteiger partial charge in [0, 0.05) is 22.3 Å². The molecule has 1 atom stereocenters. The van der Waals surface area contributed by atoms with Gasteiger partial charge in [0.1, 0.15) is 11.9 Å². The molecule has 0 saturated carbocycles. The molecule has 1 unspecified atom stereocenters. The molecule has 0 radical (unpaired) electrons. The number of carbonyl (C=O) groups is 2. The van der Waals surface area contributed by atoms with E-state index >= 15 is 0 Å². The Kier molecular flexibility index (Phi) is 8.92. The zero-order chi connectivity index (χ0) is 22.3. The normalized spacial score (nSPS) is 12.3. The first kappa shape index (κ1) is 24.4. The van der Waals surface area contributed by atoms with E-state index in [1.165, 1.54) is 23.9 Å². The Morgan fingerprint density at radius 3 is 2.20 bits per heavy atom. The highest BCUT2D eigenvalue weighted by Gasteiger charge is 2.28. The Labute approximate surface area is 190 Å². The molecule has 4 nitrogen and oxygen atoms in total. The van der Waals surface area contributed by atoms with Gasteiger partial charge in [0.05, 0.1) is 5.75 Å². The van der Waals surface area contributed by atoms with Gasteiger partial charge < -0.3 is 10.2 Å². The molecule has 0 aliphatic carbocycles. The lowest BCUT2D eigenvalue weighted by atomic mass is 10.1. The van der Waals surface area contributed by atoms with Crippen molar-refractivity contribution in [2.75, 3.05) is 5.75 Å². The van der Waals surface area contributed by atoms with Gasteiger partial charge in [0.25, 0.3) is 0 Å². The molecule has 2 rings (SSSR count). The zero-order valence-electron chi connectivity index (χ0n) is 17.7. The number of amides is 2. The predicted molar refractivity (Wildman–Crippen MR) is 125 cm³/mol. The number of thioether (sulfide) groups is 1. The van der Waals surface area contributed by atoms with Crippen LogP contribution in [0.1, 0.15) is 38.8 Å². The van der Waals surface area contributed by atoms with E-state index in [1.807, 2.05) is 45.0 Å². The molecule has 2 aromatic rings. The summed E-state index contributed by atoms with van der Waals surface area (Å²) in [5.41, 5.74) is 1.50. The smallest absolute Gasteiger partial charge is 0.242 e. The van der Waals surface area contributed by atoms with E-state index in [4.69, 9.17) is 0 Å². The molecular weight excluding hydrogens is 467 g/mol. The number of benzene rings is 2. The van der Waals surface area contributed by atoms with Crippen LogP contribution in [0.2, 0.25) is 0 Å². The molecule has 0 aliphatic rings. The molecular formula is C23H28BrFN2O2S. The van der Waals surface area contributed by atoms with Crippen LogP contribution in [0.15, 0.2) is 53.0 Å². The van der Waals surface area contributed by atoms with Crippen LogP contribution >= 0.6 is 27.7 Å². The van der Waals surface area contributed by atoms with E-state index in [0.717, 1.165) is 15.6 Å². The van der Waals surface area contributed by atoms with E-state index in [9.17, 15) is 14.0 Å². The minimum atomic E-state index is -0.643. The zero-order valence-corrected chi connectivity index (χ0v) is 20.1. The number of hydrogen-bond acceptors (Lipinski definition) is 3. The molecule has 0 aliphatic heterocycles.